The minimum atomic E-state index is 0.904. The van der Waals surface area contributed by atoms with Gasteiger partial charge >= 0.3 is 0 Å². The van der Waals surface area contributed by atoms with E-state index >= 15 is 0 Å². The molecule has 0 bridgehead atoms. The lowest BCUT2D eigenvalue weighted by Gasteiger charge is -2.00. The maximum absolute atomic E-state index is 5.96. The zero-order valence-electron chi connectivity index (χ0n) is 6.81. The van der Waals surface area contributed by atoms with Crippen LogP contribution in [0.15, 0.2) is 24.3 Å². The Morgan fingerprint density at radius 2 is 2.00 bits per heavy atom. The maximum Gasteiger partial charge on any atom is 0.0437 e. The molecule has 0 saturated heterocycles. The summed E-state index contributed by atoms with van der Waals surface area (Å²) < 4.78 is 0. The van der Waals surface area contributed by atoms with Crippen LogP contribution in [0.1, 0.15) is 25.3 Å². The van der Waals surface area contributed by atoms with Gasteiger partial charge in [0.1, 0.15) is 0 Å². The fourth-order valence-corrected chi connectivity index (χ4v) is 1.30. The molecule has 0 radical (unpaired) electrons. The summed E-state index contributed by atoms with van der Waals surface area (Å²) in [6.07, 6.45) is 3.56. The number of unbranched alkanes of at least 4 members (excludes halogenated alkanes) is 1. The standard InChI is InChI=1S/C10H13Cl/c1-2-3-6-9-7-4-5-8-10(9)11/h4-5,7-8H,2-3,6H2,1H3. The minimum absolute atomic E-state index is 0.904. The average Bonchev–Trinajstić information content (AvgIpc) is 2.03. The Bertz CT molecular complexity index is 218. The largest absolute Gasteiger partial charge is 0.0840 e. The molecule has 0 nitrogen and oxygen atoms in total. The van der Waals surface area contributed by atoms with Crippen LogP contribution in [0.5, 0.6) is 0 Å². The van der Waals surface area contributed by atoms with E-state index in [0.29, 0.717) is 0 Å². The molecule has 11 heavy (non-hydrogen) atoms. The SMILES string of the molecule is CCCCc1ccccc1Cl. The minimum Gasteiger partial charge on any atom is -0.0840 e. The molecule has 0 heterocycles. The average molecular weight is 169 g/mol. The van der Waals surface area contributed by atoms with E-state index in [1.807, 2.05) is 18.2 Å². The van der Waals surface area contributed by atoms with Crippen molar-refractivity contribution in [1.82, 2.24) is 0 Å². The Morgan fingerprint density at radius 1 is 1.27 bits per heavy atom. The maximum atomic E-state index is 5.96. The molecule has 0 N–H and O–H groups in total. The van der Waals surface area contributed by atoms with Crippen molar-refractivity contribution in [2.24, 2.45) is 0 Å². The molecule has 0 amide bonds. The van der Waals surface area contributed by atoms with Gasteiger partial charge in [-0.1, -0.05) is 43.1 Å². The Kier molecular flexibility index (Phi) is 3.44. The van der Waals surface area contributed by atoms with Crippen molar-refractivity contribution in [3.63, 3.8) is 0 Å². The molecule has 0 atom stereocenters. The van der Waals surface area contributed by atoms with Gasteiger partial charge < -0.3 is 0 Å². The molecule has 0 aliphatic heterocycles. The summed E-state index contributed by atoms with van der Waals surface area (Å²) in [5.41, 5.74) is 1.27. The van der Waals surface area contributed by atoms with Crippen LogP contribution in [-0.4, -0.2) is 0 Å². The summed E-state index contributed by atoms with van der Waals surface area (Å²) in [7, 11) is 0. The number of benzene rings is 1. The fourth-order valence-electron chi connectivity index (χ4n) is 1.07. The third-order valence-electron chi connectivity index (χ3n) is 1.76. The lowest BCUT2D eigenvalue weighted by atomic mass is 10.1. The van der Waals surface area contributed by atoms with Crippen LogP contribution >= 0.6 is 11.6 Å². The Balaban J connectivity index is 2.62. The molecule has 0 saturated carbocycles. The van der Waals surface area contributed by atoms with Gasteiger partial charge in [-0.15, -0.1) is 0 Å². The van der Waals surface area contributed by atoms with E-state index in [0.717, 1.165) is 11.4 Å². The van der Waals surface area contributed by atoms with E-state index in [2.05, 4.69) is 13.0 Å². The van der Waals surface area contributed by atoms with Crippen molar-refractivity contribution in [1.29, 1.82) is 0 Å². The summed E-state index contributed by atoms with van der Waals surface area (Å²) >= 11 is 5.96. The van der Waals surface area contributed by atoms with Gasteiger partial charge in [-0.2, -0.15) is 0 Å². The molecule has 0 aromatic heterocycles. The first-order valence-corrected chi connectivity index (χ1v) is 4.45. The fraction of sp³-hybridized carbons (Fsp3) is 0.400. The van der Waals surface area contributed by atoms with Crippen LogP contribution in [0.2, 0.25) is 5.02 Å². The van der Waals surface area contributed by atoms with Crippen molar-refractivity contribution in [3.05, 3.63) is 34.9 Å². The van der Waals surface area contributed by atoms with E-state index in [9.17, 15) is 0 Å². The van der Waals surface area contributed by atoms with Crippen LogP contribution in [-0.2, 0) is 6.42 Å². The quantitative estimate of drug-likeness (QED) is 0.646. The van der Waals surface area contributed by atoms with E-state index < -0.39 is 0 Å². The molecule has 0 aliphatic rings. The third-order valence-corrected chi connectivity index (χ3v) is 2.13. The number of halogens is 1. The highest BCUT2D eigenvalue weighted by Crippen LogP contribution is 2.16. The van der Waals surface area contributed by atoms with Crippen molar-refractivity contribution < 1.29 is 0 Å². The van der Waals surface area contributed by atoms with Gasteiger partial charge in [0.05, 0.1) is 0 Å². The lowest BCUT2D eigenvalue weighted by molar-refractivity contribution is 0.795. The van der Waals surface area contributed by atoms with Gasteiger partial charge in [0.15, 0.2) is 0 Å². The van der Waals surface area contributed by atoms with Crippen LogP contribution in [0, 0.1) is 0 Å². The van der Waals surface area contributed by atoms with Crippen molar-refractivity contribution in [2.45, 2.75) is 26.2 Å². The summed E-state index contributed by atoms with van der Waals surface area (Å²) in [6, 6.07) is 8.05. The summed E-state index contributed by atoms with van der Waals surface area (Å²) in [5, 5.41) is 0.904. The van der Waals surface area contributed by atoms with Crippen molar-refractivity contribution >= 4 is 11.6 Å². The molecule has 0 unspecified atom stereocenters. The van der Waals surface area contributed by atoms with Crippen molar-refractivity contribution in [2.75, 3.05) is 0 Å². The monoisotopic (exact) mass is 168 g/mol. The van der Waals surface area contributed by atoms with Gasteiger partial charge in [0.2, 0.25) is 0 Å². The van der Waals surface area contributed by atoms with Gasteiger partial charge in [-0.05, 0) is 24.5 Å². The first kappa shape index (κ1) is 8.61. The van der Waals surface area contributed by atoms with Crippen LogP contribution in [0.25, 0.3) is 0 Å². The molecule has 60 valence electrons. The van der Waals surface area contributed by atoms with Gasteiger partial charge in [0.25, 0.3) is 0 Å². The van der Waals surface area contributed by atoms with Gasteiger partial charge in [-0.25, -0.2) is 0 Å². The topological polar surface area (TPSA) is 0 Å². The number of hydrogen-bond acceptors (Lipinski definition) is 0. The predicted octanol–water partition coefficient (Wildman–Crippen LogP) is 3.68. The molecule has 1 heteroatoms. The second-order valence-electron chi connectivity index (χ2n) is 2.69. The van der Waals surface area contributed by atoms with Crippen LogP contribution in [0.3, 0.4) is 0 Å². The zero-order chi connectivity index (χ0) is 8.10. The Labute approximate surface area is 73.2 Å². The second kappa shape index (κ2) is 4.40. The highest BCUT2D eigenvalue weighted by atomic mass is 35.5. The summed E-state index contributed by atoms with van der Waals surface area (Å²) in [4.78, 5) is 0. The molecule has 0 spiro atoms. The number of rotatable bonds is 3. The normalized spacial score (nSPS) is 10.0. The van der Waals surface area contributed by atoms with E-state index in [-0.39, 0.29) is 0 Å². The first-order valence-electron chi connectivity index (χ1n) is 4.08. The van der Waals surface area contributed by atoms with Gasteiger partial charge in [-0.3, -0.25) is 0 Å². The summed E-state index contributed by atoms with van der Waals surface area (Å²) in [5.74, 6) is 0. The molecule has 1 rings (SSSR count). The third kappa shape index (κ3) is 2.55. The highest BCUT2D eigenvalue weighted by molar-refractivity contribution is 6.31. The van der Waals surface area contributed by atoms with Crippen molar-refractivity contribution in [3.8, 4) is 0 Å². The number of aryl methyl sites for hydroxylation is 1. The Hall–Kier alpha value is -0.490. The lowest BCUT2D eigenvalue weighted by Crippen LogP contribution is -1.84. The highest BCUT2D eigenvalue weighted by Gasteiger charge is 1.96. The van der Waals surface area contributed by atoms with Crippen LogP contribution < -0.4 is 0 Å². The molecule has 1 aromatic carbocycles. The first-order chi connectivity index (χ1) is 5.34. The molecular weight excluding hydrogens is 156 g/mol. The molecule has 0 aliphatic carbocycles. The van der Waals surface area contributed by atoms with E-state index in [4.69, 9.17) is 11.6 Å². The molecule has 0 fully saturated rings. The van der Waals surface area contributed by atoms with E-state index in [1.54, 1.807) is 0 Å². The summed E-state index contributed by atoms with van der Waals surface area (Å²) in [6.45, 7) is 2.19. The van der Waals surface area contributed by atoms with Crippen LogP contribution in [0.4, 0.5) is 0 Å². The second-order valence-corrected chi connectivity index (χ2v) is 3.10. The van der Waals surface area contributed by atoms with Gasteiger partial charge in [0, 0.05) is 5.02 Å². The number of hydrogen-bond donors (Lipinski definition) is 0. The van der Waals surface area contributed by atoms with E-state index in [1.165, 1.54) is 18.4 Å². The predicted molar refractivity (Wildman–Crippen MR) is 50.1 cm³/mol. The Morgan fingerprint density at radius 3 is 2.64 bits per heavy atom. The molecule has 1 aromatic rings. The zero-order valence-corrected chi connectivity index (χ0v) is 7.56. The smallest absolute Gasteiger partial charge is 0.0437 e. The molecular formula is C10H13Cl.